The zero-order valence-corrected chi connectivity index (χ0v) is 11.7. The first kappa shape index (κ1) is 12.7. The van der Waals surface area contributed by atoms with Crippen LogP contribution in [0.5, 0.6) is 5.75 Å². The monoisotopic (exact) mass is 257 g/mol. The predicted molar refractivity (Wildman–Crippen MR) is 78.6 cm³/mol. The highest BCUT2D eigenvalue weighted by Crippen LogP contribution is 2.32. The summed E-state index contributed by atoms with van der Waals surface area (Å²) in [4.78, 5) is 0. The third-order valence-corrected chi connectivity index (χ3v) is 4.47. The van der Waals surface area contributed by atoms with Crippen LogP contribution in [0.25, 0.3) is 0 Å². The molecule has 0 saturated heterocycles. The van der Waals surface area contributed by atoms with E-state index in [-0.39, 0.29) is 0 Å². The third-order valence-electron chi connectivity index (χ3n) is 4.47. The van der Waals surface area contributed by atoms with Crippen molar-refractivity contribution in [1.29, 1.82) is 0 Å². The van der Waals surface area contributed by atoms with Crippen LogP contribution in [-0.2, 0) is 6.42 Å². The Kier molecular flexibility index (Phi) is 3.88. The topological polar surface area (TPSA) is 21.3 Å². The maximum atomic E-state index is 5.22. The molecule has 0 unspecified atom stereocenters. The molecule has 0 fully saturated rings. The Morgan fingerprint density at radius 2 is 1.89 bits per heavy atom. The van der Waals surface area contributed by atoms with Gasteiger partial charge in [0.05, 0.1) is 7.11 Å². The minimum Gasteiger partial charge on any atom is -0.497 e. The van der Waals surface area contributed by atoms with Crippen LogP contribution < -0.4 is 10.1 Å². The van der Waals surface area contributed by atoms with Gasteiger partial charge in [-0.25, -0.2) is 0 Å². The van der Waals surface area contributed by atoms with Crippen molar-refractivity contribution in [1.82, 2.24) is 5.32 Å². The molecule has 1 heterocycles. The Balaban J connectivity index is 1.74. The lowest BCUT2D eigenvalue weighted by molar-refractivity contribution is 0.414. The number of nitrogens with one attached hydrogen (secondary N) is 1. The predicted octanol–water partition coefficient (Wildman–Crippen LogP) is 3.47. The van der Waals surface area contributed by atoms with E-state index >= 15 is 0 Å². The van der Waals surface area contributed by atoms with Crippen molar-refractivity contribution < 1.29 is 4.74 Å². The van der Waals surface area contributed by atoms with E-state index in [1.165, 1.54) is 37.7 Å². The van der Waals surface area contributed by atoms with Crippen molar-refractivity contribution in [2.75, 3.05) is 13.7 Å². The lowest BCUT2D eigenvalue weighted by atomic mass is 9.81. The van der Waals surface area contributed by atoms with E-state index in [1.807, 2.05) is 0 Å². The molecular weight excluding hydrogens is 234 g/mol. The summed E-state index contributed by atoms with van der Waals surface area (Å²) in [6, 6.07) is 9.08. The lowest BCUT2D eigenvalue weighted by Crippen LogP contribution is -2.39. The molecule has 1 aromatic rings. The summed E-state index contributed by atoms with van der Waals surface area (Å²) in [6.07, 6.45) is 7.81. The standard InChI is InChI=1S/C17H23NO/c1-19-15-8-6-13(7-9-15)12-17-16-5-3-2-4-14(16)10-11-18-17/h6-9,17-18H,2-5,10-12H2,1H3/t17-/m0/s1. The van der Waals surface area contributed by atoms with E-state index in [0.29, 0.717) is 6.04 Å². The fourth-order valence-corrected chi connectivity index (χ4v) is 3.41. The van der Waals surface area contributed by atoms with Gasteiger partial charge < -0.3 is 10.1 Å². The highest BCUT2D eigenvalue weighted by molar-refractivity contribution is 5.31. The first-order valence-electron chi connectivity index (χ1n) is 7.44. The minimum atomic E-state index is 0.567. The number of methoxy groups -OCH3 is 1. The van der Waals surface area contributed by atoms with Crippen molar-refractivity contribution in [2.45, 2.75) is 44.6 Å². The van der Waals surface area contributed by atoms with Crippen molar-refractivity contribution in [3.8, 4) is 5.75 Å². The molecule has 1 aliphatic carbocycles. The molecule has 2 nitrogen and oxygen atoms in total. The van der Waals surface area contributed by atoms with E-state index in [9.17, 15) is 0 Å². The molecule has 0 aromatic heterocycles. The van der Waals surface area contributed by atoms with E-state index in [2.05, 4.69) is 29.6 Å². The fraction of sp³-hybridized carbons (Fsp3) is 0.529. The van der Waals surface area contributed by atoms with Crippen LogP contribution in [0.2, 0.25) is 0 Å². The maximum absolute atomic E-state index is 5.22. The van der Waals surface area contributed by atoms with Crippen LogP contribution in [0.1, 0.15) is 37.7 Å². The highest BCUT2D eigenvalue weighted by atomic mass is 16.5. The zero-order valence-electron chi connectivity index (χ0n) is 11.7. The average molecular weight is 257 g/mol. The van der Waals surface area contributed by atoms with Crippen LogP contribution in [-0.4, -0.2) is 19.7 Å². The Morgan fingerprint density at radius 3 is 2.68 bits per heavy atom. The molecular formula is C17H23NO. The van der Waals surface area contributed by atoms with Gasteiger partial charge in [0, 0.05) is 6.04 Å². The molecule has 19 heavy (non-hydrogen) atoms. The van der Waals surface area contributed by atoms with Crippen molar-refractivity contribution in [2.24, 2.45) is 0 Å². The van der Waals surface area contributed by atoms with Crippen LogP contribution in [0, 0.1) is 0 Å². The fourth-order valence-electron chi connectivity index (χ4n) is 3.41. The van der Waals surface area contributed by atoms with Gasteiger partial charge in [-0.1, -0.05) is 23.3 Å². The quantitative estimate of drug-likeness (QED) is 0.837. The van der Waals surface area contributed by atoms with Gasteiger partial charge in [0.15, 0.2) is 0 Å². The molecule has 1 atom stereocenters. The summed E-state index contributed by atoms with van der Waals surface area (Å²) >= 11 is 0. The second kappa shape index (κ2) is 5.79. The second-order valence-electron chi connectivity index (χ2n) is 5.64. The molecule has 2 heteroatoms. The number of hydrogen-bond acceptors (Lipinski definition) is 2. The number of ether oxygens (including phenoxy) is 1. The van der Waals surface area contributed by atoms with Crippen LogP contribution >= 0.6 is 0 Å². The maximum Gasteiger partial charge on any atom is 0.118 e. The summed E-state index contributed by atoms with van der Waals surface area (Å²) in [6.45, 7) is 1.15. The van der Waals surface area contributed by atoms with Gasteiger partial charge in [-0.15, -0.1) is 0 Å². The summed E-state index contributed by atoms with van der Waals surface area (Å²) < 4.78 is 5.22. The number of benzene rings is 1. The smallest absolute Gasteiger partial charge is 0.118 e. The Bertz CT molecular complexity index is 457. The minimum absolute atomic E-state index is 0.567. The second-order valence-corrected chi connectivity index (χ2v) is 5.64. The van der Waals surface area contributed by atoms with Gasteiger partial charge in [-0.3, -0.25) is 0 Å². The lowest BCUT2D eigenvalue weighted by Gasteiger charge is -2.33. The molecule has 1 aromatic carbocycles. The van der Waals surface area contributed by atoms with Crippen molar-refractivity contribution >= 4 is 0 Å². The van der Waals surface area contributed by atoms with Gasteiger partial charge in [0.25, 0.3) is 0 Å². The molecule has 2 aliphatic rings. The van der Waals surface area contributed by atoms with Gasteiger partial charge in [-0.05, 0) is 62.8 Å². The molecule has 0 amide bonds. The molecule has 1 aliphatic heterocycles. The van der Waals surface area contributed by atoms with E-state index in [1.54, 1.807) is 18.3 Å². The first-order chi connectivity index (χ1) is 9.36. The highest BCUT2D eigenvalue weighted by Gasteiger charge is 2.24. The largest absolute Gasteiger partial charge is 0.497 e. The molecule has 0 bridgehead atoms. The van der Waals surface area contributed by atoms with Crippen molar-refractivity contribution in [3.05, 3.63) is 41.0 Å². The van der Waals surface area contributed by atoms with Gasteiger partial charge in [0.2, 0.25) is 0 Å². The SMILES string of the molecule is COc1ccc(C[C@@H]2NCCC3=C2CCCC3)cc1. The Hall–Kier alpha value is -1.28. The zero-order chi connectivity index (χ0) is 13.1. The van der Waals surface area contributed by atoms with E-state index < -0.39 is 0 Å². The summed E-state index contributed by atoms with van der Waals surface area (Å²) in [5, 5.41) is 3.71. The van der Waals surface area contributed by atoms with E-state index in [4.69, 9.17) is 4.74 Å². The third kappa shape index (κ3) is 2.84. The van der Waals surface area contributed by atoms with Crippen LogP contribution in [0.4, 0.5) is 0 Å². The van der Waals surface area contributed by atoms with Gasteiger partial charge in [-0.2, -0.15) is 0 Å². The van der Waals surface area contributed by atoms with Crippen LogP contribution in [0.15, 0.2) is 35.4 Å². The molecule has 102 valence electrons. The normalized spacial score (nSPS) is 23.1. The Morgan fingerprint density at radius 1 is 1.11 bits per heavy atom. The molecule has 3 rings (SSSR count). The summed E-state index contributed by atoms with van der Waals surface area (Å²) in [7, 11) is 1.72. The van der Waals surface area contributed by atoms with Gasteiger partial charge >= 0.3 is 0 Å². The Labute approximate surface area is 115 Å². The van der Waals surface area contributed by atoms with E-state index in [0.717, 1.165) is 18.7 Å². The summed E-state index contributed by atoms with van der Waals surface area (Å²) in [5.74, 6) is 0.943. The molecule has 0 radical (unpaired) electrons. The molecule has 0 spiro atoms. The number of rotatable bonds is 3. The first-order valence-corrected chi connectivity index (χ1v) is 7.44. The average Bonchev–Trinajstić information content (AvgIpc) is 2.48. The molecule has 1 N–H and O–H groups in total. The number of hydrogen-bond donors (Lipinski definition) is 1. The van der Waals surface area contributed by atoms with Gasteiger partial charge in [0.1, 0.15) is 5.75 Å². The van der Waals surface area contributed by atoms with Crippen LogP contribution in [0.3, 0.4) is 0 Å². The summed E-state index contributed by atoms with van der Waals surface area (Å²) in [5.41, 5.74) is 4.87. The molecule has 0 saturated carbocycles. The van der Waals surface area contributed by atoms with Crippen molar-refractivity contribution in [3.63, 3.8) is 0 Å².